The summed E-state index contributed by atoms with van der Waals surface area (Å²) in [4.78, 5) is 34.7. The fourth-order valence-electron chi connectivity index (χ4n) is 1.78. The zero-order chi connectivity index (χ0) is 16.1. The normalized spacial score (nSPS) is 10.6. The van der Waals surface area contributed by atoms with E-state index in [9.17, 15) is 14.4 Å². The lowest BCUT2D eigenvalue weighted by atomic mass is 10.0. The molecule has 2 aromatic carbocycles. The van der Waals surface area contributed by atoms with Crippen LogP contribution in [-0.4, -0.2) is 22.6 Å². The predicted octanol–water partition coefficient (Wildman–Crippen LogP) is 3.61. The molecule has 0 spiro atoms. The van der Waals surface area contributed by atoms with E-state index in [4.69, 9.17) is 5.11 Å². The van der Waals surface area contributed by atoms with Crippen molar-refractivity contribution in [1.82, 2.24) is 0 Å². The van der Waals surface area contributed by atoms with Crippen LogP contribution in [0.1, 0.15) is 26.3 Å². The number of carbonyl (C=O) groups excluding carboxylic acids is 2. The summed E-state index contributed by atoms with van der Waals surface area (Å²) in [6, 6.07) is 12.7. The van der Waals surface area contributed by atoms with Crippen molar-refractivity contribution in [2.75, 3.05) is 0 Å². The number of aliphatic carboxylic acids is 1. The first kappa shape index (κ1) is 15.9. The van der Waals surface area contributed by atoms with Gasteiger partial charge in [-0.2, -0.15) is 0 Å². The lowest BCUT2D eigenvalue weighted by Gasteiger charge is -2.02. The quantitative estimate of drug-likeness (QED) is 0.503. The summed E-state index contributed by atoms with van der Waals surface area (Å²) < 4.78 is 0.825. The molecule has 1 N–H and O–H groups in total. The van der Waals surface area contributed by atoms with Gasteiger partial charge < -0.3 is 5.11 Å². The van der Waals surface area contributed by atoms with E-state index in [0.717, 1.165) is 10.5 Å². The van der Waals surface area contributed by atoms with Gasteiger partial charge in [-0.25, -0.2) is 4.79 Å². The minimum atomic E-state index is -1.05. The van der Waals surface area contributed by atoms with Gasteiger partial charge in [0.1, 0.15) is 0 Å². The second kappa shape index (κ2) is 6.95. The van der Waals surface area contributed by atoms with Crippen LogP contribution in [0, 0.1) is 0 Å². The first-order chi connectivity index (χ1) is 10.5. The number of benzene rings is 2. The maximum absolute atomic E-state index is 12.1. The third-order valence-electron chi connectivity index (χ3n) is 2.90. The highest BCUT2D eigenvalue weighted by molar-refractivity contribution is 9.10. The molecule has 0 atom stereocenters. The van der Waals surface area contributed by atoms with Crippen molar-refractivity contribution in [3.8, 4) is 0 Å². The Hall–Kier alpha value is -2.53. The molecule has 2 aromatic rings. The summed E-state index contributed by atoms with van der Waals surface area (Å²) >= 11 is 3.26. The van der Waals surface area contributed by atoms with Gasteiger partial charge in [0, 0.05) is 21.7 Å². The van der Waals surface area contributed by atoms with Crippen molar-refractivity contribution < 1.29 is 19.5 Å². The minimum Gasteiger partial charge on any atom is -0.478 e. The lowest BCUT2D eigenvalue weighted by Crippen LogP contribution is -2.14. The fraction of sp³-hybridized carbons (Fsp3) is 0. The van der Waals surface area contributed by atoms with E-state index in [1.807, 2.05) is 0 Å². The second-order valence-corrected chi connectivity index (χ2v) is 5.37. The zero-order valence-electron chi connectivity index (χ0n) is 11.3. The van der Waals surface area contributed by atoms with Crippen LogP contribution in [0.3, 0.4) is 0 Å². The summed E-state index contributed by atoms with van der Waals surface area (Å²) in [5.74, 6) is -2.23. The van der Waals surface area contributed by atoms with E-state index in [0.29, 0.717) is 11.1 Å². The molecule has 0 radical (unpaired) electrons. The van der Waals surface area contributed by atoms with Gasteiger partial charge in [-0.1, -0.05) is 40.2 Å². The SMILES string of the molecule is O=C(O)/C=C/c1ccc(C(=O)C(=O)c2ccc(Br)cc2)cc1. The highest BCUT2D eigenvalue weighted by atomic mass is 79.9. The Balaban J connectivity index is 2.17. The van der Waals surface area contributed by atoms with E-state index in [1.165, 1.54) is 18.2 Å². The molecule has 0 aliphatic carbocycles. The number of carbonyl (C=O) groups is 3. The number of hydrogen-bond donors (Lipinski definition) is 1. The van der Waals surface area contributed by atoms with Crippen molar-refractivity contribution >= 4 is 39.5 Å². The summed E-state index contributed by atoms with van der Waals surface area (Å²) in [6.07, 6.45) is 2.41. The molecule has 0 aromatic heterocycles. The van der Waals surface area contributed by atoms with Crippen LogP contribution in [0.4, 0.5) is 0 Å². The third kappa shape index (κ3) is 3.99. The molecule has 0 aliphatic rings. The van der Waals surface area contributed by atoms with Crippen LogP contribution in [0.15, 0.2) is 59.1 Å². The van der Waals surface area contributed by atoms with E-state index in [2.05, 4.69) is 15.9 Å². The fourth-order valence-corrected chi connectivity index (χ4v) is 2.04. The average molecular weight is 359 g/mol. The molecule has 0 heterocycles. The molecular weight excluding hydrogens is 348 g/mol. The Morgan fingerprint density at radius 3 is 1.73 bits per heavy atom. The molecule has 22 heavy (non-hydrogen) atoms. The van der Waals surface area contributed by atoms with Gasteiger partial charge in [0.15, 0.2) is 0 Å². The largest absolute Gasteiger partial charge is 0.478 e. The molecule has 5 heteroatoms. The molecular formula is C17H11BrO4. The number of carboxylic acids is 1. The van der Waals surface area contributed by atoms with Crippen LogP contribution in [-0.2, 0) is 4.79 Å². The Labute approximate surface area is 135 Å². The van der Waals surface area contributed by atoms with Gasteiger partial charge in [0.25, 0.3) is 0 Å². The molecule has 0 aliphatic heterocycles. The van der Waals surface area contributed by atoms with E-state index in [1.54, 1.807) is 36.4 Å². The standard InChI is InChI=1S/C17H11BrO4/c18-14-8-6-13(7-9-14)17(22)16(21)12-4-1-11(2-5-12)3-10-15(19)20/h1-10H,(H,19,20)/b10-3+. The molecule has 0 saturated heterocycles. The zero-order valence-corrected chi connectivity index (χ0v) is 12.9. The monoisotopic (exact) mass is 358 g/mol. The Kier molecular flexibility index (Phi) is 5.01. The molecule has 110 valence electrons. The maximum atomic E-state index is 12.1. The van der Waals surface area contributed by atoms with Gasteiger partial charge in [-0.05, 0) is 35.9 Å². The highest BCUT2D eigenvalue weighted by Gasteiger charge is 2.17. The first-order valence-corrected chi connectivity index (χ1v) is 7.12. The summed E-state index contributed by atoms with van der Waals surface area (Å²) in [6.45, 7) is 0. The van der Waals surface area contributed by atoms with E-state index in [-0.39, 0.29) is 5.56 Å². The van der Waals surface area contributed by atoms with E-state index < -0.39 is 17.5 Å². The van der Waals surface area contributed by atoms with Crippen LogP contribution in [0.25, 0.3) is 6.08 Å². The van der Waals surface area contributed by atoms with Crippen molar-refractivity contribution in [2.45, 2.75) is 0 Å². The third-order valence-corrected chi connectivity index (χ3v) is 3.43. The van der Waals surface area contributed by atoms with Crippen molar-refractivity contribution in [3.63, 3.8) is 0 Å². The number of Topliss-reactive ketones (excluding diaryl/α,β-unsaturated/α-hetero) is 2. The summed E-state index contributed by atoms with van der Waals surface area (Å²) in [5.41, 5.74) is 1.22. The highest BCUT2D eigenvalue weighted by Crippen LogP contribution is 2.14. The Morgan fingerprint density at radius 1 is 0.818 bits per heavy atom. The summed E-state index contributed by atoms with van der Waals surface area (Å²) in [7, 11) is 0. The van der Waals surface area contributed by atoms with Gasteiger partial charge in [0.2, 0.25) is 11.6 Å². The minimum absolute atomic E-state index is 0.264. The Morgan fingerprint density at radius 2 is 1.27 bits per heavy atom. The maximum Gasteiger partial charge on any atom is 0.328 e. The Bertz CT molecular complexity index is 743. The smallest absolute Gasteiger partial charge is 0.328 e. The van der Waals surface area contributed by atoms with Crippen LogP contribution >= 0.6 is 15.9 Å². The van der Waals surface area contributed by atoms with Crippen LogP contribution < -0.4 is 0 Å². The second-order valence-electron chi connectivity index (χ2n) is 4.46. The topological polar surface area (TPSA) is 71.4 Å². The molecule has 0 amide bonds. The van der Waals surface area contributed by atoms with Crippen molar-refractivity contribution in [3.05, 3.63) is 75.8 Å². The number of rotatable bonds is 5. The van der Waals surface area contributed by atoms with Gasteiger partial charge in [0.05, 0.1) is 0 Å². The van der Waals surface area contributed by atoms with E-state index >= 15 is 0 Å². The summed E-state index contributed by atoms with van der Waals surface area (Å²) in [5, 5.41) is 8.55. The molecule has 0 fully saturated rings. The average Bonchev–Trinajstić information content (AvgIpc) is 2.53. The molecule has 2 rings (SSSR count). The van der Waals surface area contributed by atoms with Crippen LogP contribution in [0.5, 0.6) is 0 Å². The number of halogens is 1. The molecule has 0 unspecified atom stereocenters. The van der Waals surface area contributed by atoms with Crippen LogP contribution in [0.2, 0.25) is 0 Å². The lowest BCUT2D eigenvalue weighted by molar-refractivity contribution is -0.131. The van der Waals surface area contributed by atoms with Crippen molar-refractivity contribution in [1.29, 1.82) is 0 Å². The number of ketones is 2. The number of carboxylic acid groups (broad SMARTS) is 1. The molecule has 0 saturated carbocycles. The predicted molar refractivity (Wildman–Crippen MR) is 85.9 cm³/mol. The first-order valence-electron chi connectivity index (χ1n) is 6.33. The van der Waals surface area contributed by atoms with Gasteiger partial charge in [-0.3, -0.25) is 9.59 Å². The molecule has 4 nitrogen and oxygen atoms in total. The molecule has 0 bridgehead atoms. The van der Waals surface area contributed by atoms with Gasteiger partial charge in [-0.15, -0.1) is 0 Å². The van der Waals surface area contributed by atoms with Gasteiger partial charge >= 0.3 is 5.97 Å². The van der Waals surface area contributed by atoms with Crippen molar-refractivity contribution in [2.24, 2.45) is 0 Å². The number of hydrogen-bond acceptors (Lipinski definition) is 3.